The number of para-hydroxylation sites is 2. The third-order valence-corrected chi connectivity index (χ3v) is 2.93. The van der Waals surface area contributed by atoms with Gasteiger partial charge in [-0.1, -0.05) is 12.1 Å². The molecule has 6 heteroatoms. The lowest BCUT2D eigenvalue weighted by Crippen LogP contribution is -2.03. The number of nitrogens with zero attached hydrogens (tertiary/aromatic N) is 4. The molecule has 0 N–H and O–H groups in total. The second-order valence-electron chi connectivity index (χ2n) is 4.11. The molecule has 0 saturated carbocycles. The molecule has 0 spiro atoms. The number of nitro benzene ring substituents is 1. The minimum Gasteiger partial charge on any atom is -0.265 e. The first-order chi connectivity index (χ1) is 9.77. The molecule has 0 unspecified atom stereocenters. The zero-order chi connectivity index (χ0) is 13.9. The van der Waals surface area contributed by atoms with Crippen LogP contribution in [0.2, 0.25) is 0 Å². The van der Waals surface area contributed by atoms with Crippen LogP contribution in [-0.2, 0) is 0 Å². The molecule has 0 aliphatic rings. The summed E-state index contributed by atoms with van der Waals surface area (Å²) in [6, 6.07) is 12.0. The van der Waals surface area contributed by atoms with Crippen LogP contribution in [0.1, 0.15) is 0 Å². The molecular formula is C14H10N4O2. The second kappa shape index (κ2) is 4.93. The predicted octanol–water partition coefficient (Wildman–Crippen LogP) is 2.84. The van der Waals surface area contributed by atoms with Crippen molar-refractivity contribution in [3.05, 3.63) is 71.2 Å². The molecule has 20 heavy (non-hydrogen) atoms. The Morgan fingerprint density at radius 3 is 2.50 bits per heavy atom. The molecule has 0 aliphatic heterocycles. The van der Waals surface area contributed by atoms with Crippen molar-refractivity contribution in [1.29, 1.82) is 0 Å². The molecular weight excluding hydrogens is 256 g/mol. The summed E-state index contributed by atoms with van der Waals surface area (Å²) < 4.78 is 1.56. The summed E-state index contributed by atoms with van der Waals surface area (Å²) >= 11 is 0. The van der Waals surface area contributed by atoms with Gasteiger partial charge in [-0.2, -0.15) is 5.10 Å². The summed E-state index contributed by atoms with van der Waals surface area (Å²) in [7, 11) is 0. The van der Waals surface area contributed by atoms with Gasteiger partial charge in [0.1, 0.15) is 5.69 Å². The minimum atomic E-state index is -0.409. The lowest BCUT2D eigenvalue weighted by atomic mass is 10.2. The topological polar surface area (TPSA) is 73.8 Å². The monoisotopic (exact) mass is 266 g/mol. The first kappa shape index (κ1) is 12.0. The number of hydrogen-bond acceptors (Lipinski definition) is 4. The Hall–Kier alpha value is -3.02. The van der Waals surface area contributed by atoms with E-state index in [1.807, 2.05) is 18.2 Å². The molecule has 0 aliphatic carbocycles. The van der Waals surface area contributed by atoms with Gasteiger partial charge in [-0.05, 0) is 24.3 Å². The molecule has 0 bridgehead atoms. The largest absolute Gasteiger partial charge is 0.294 e. The van der Waals surface area contributed by atoms with Gasteiger partial charge < -0.3 is 0 Å². The van der Waals surface area contributed by atoms with Crippen molar-refractivity contribution in [2.75, 3.05) is 0 Å². The maximum absolute atomic E-state index is 11.1. The smallest absolute Gasteiger partial charge is 0.265 e. The van der Waals surface area contributed by atoms with E-state index < -0.39 is 4.92 Å². The minimum absolute atomic E-state index is 0.0199. The van der Waals surface area contributed by atoms with Crippen molar-refractivity contribution < 1.29 is 4.92 Å². The van der Waals surface area contributed by atoms with E-state index in [-0.39, 0.29) is 5.69 Å². The number of rotatable bonds is 3. The average Bonchev–Trinajstić information content (AvgIpc) is 2.97. The van der Waals surface area contributed by atoms with Gasteiger partial charge in [0.15, 0.2) is 0 Å². The third-order valence-electron chi connectivity index (χ3n) is 2.93. The van der Waals surface area contributed by atoms with E-state index >= 15 is 0 Å². The van der Waals surface area contributed by atoms with E-state index in [9.17, 15) is 10.1 Å². The summed E-state index contributed by atoms with van der Waals surface area (Å²) in [6.45, 7) is 0. The highest BCUT2D eigenvalue weighted by atomic mass is 16.6. The van der Waals surface area contributed by atoms with Crippen molar-refractivity contribution in [2.24, 2.45) is 0 Å². The van der Waals surface area contributed by atoms with Crippen LogP contribution in [-0.4, -0.2) is 19.7 Å². The molecule has 2 heterocycles. The zero-order valence-corrected chi connectivity index (χ0v) is 10.4. The van der Waals surface area contributed by atoms with Crippen LogP contribution in [0.3, 0.4) is 0 Å². The van der Waals surface area contributed by atoms with Crippen molar-refractivity contribution in [3.8, 4) is 16.9 Å². The standard InChI is InChI=1S/C14H10N4O2/c19-18(20)14-4-2-1-3-13(14)17-12(7-10-16-17)11-5-8-15-9-6-11/h1-10H. The van der Waals surface area contributed by atoms with E-state index in [2.05, 4.69) is 10.1 Å². The molecule has 3 rings (SSSR count). The van der Waals surface area contributed by atoms with Crippen molar-refractivity contribution >= 4 is 5.69 Å². The van der Waals surface area contributed by atoms with Crippen LogP contribution in [0.4, 0.5) is 5.69 Å². The van der Waals surface area contributed by atoms with Crippen LogP contribution in [0, 0.1) is 10.1 Å². The SMILES string of the molecule is O=[N+]([O-])c1ccccc1-n1nccc1-c1ccncc1. The van der Waals surface area contributed by atoms with Crippen molar-refractivity contribution in [3.63, 3.8) is 0 Å². The lowest BCUT2D eigenvalue weighted by Gasteiger charge is -2.07. The number of benzene rings is 1. The summed E-state index contributed by atoms with van der Waals surface area (Å²) in [4.78, 5) is 14.7. The molecule has 0 saturated heterocycles. The van der Waals surface area contributed by atoms with Gasteiger partial charge in [-0.3, -0.25) is 15.1 Å². The quantitative estimate of drug-likeness (QED) is 0.539. The van der Waals surface area contributed by atoms with Crippen LogP contribution in [0.25, 0.3) is 16.9 Å². The fourth-order valence-corrected chi connectivity index (χ4v) is 2.03. The normalized spacial score (nSPS) is 10.4. The number of pyridine rings is 1. The molecule has 98 valence electrons. The van der Waals surface area contributed by atoms with E-state index in [1.54, 1.807) is 41.5 Å². The lowest BCUT2D eigenvalue weighted by molar-refractivity contribution is -0.384. The highest BCUT2D eigenvalue weighted by molar-refractivity contribution is 5.64. The van der Waals surface area contributed by atoms with Gasteiger partial charge in [0.2, 0.25) is 0 Å². The third kappa shape index (κ3) is 2.03. The predicted molar refractivity (Wildman–Crippen MR) is 73.4 cm³/mol. The molecule has 0 amide bonds. The highest BCUT2D eigenvalue weighted by Gasteiger charge is 2.17. The Bertz CT molecular complexity index is 753. The van der Waals surface area contributed by atoms with E-state index in [0.29, 0.717) is 5.69 Å². The van der Waals surface area contributed by atoms with Gasteiger partial charge >= 0.3 is 0 Å². The summed E-state index contributed by atoms with van der Waals surface area (Å²) in [5.41, 5.74) is 2.14. The fraction of sp³-hybridized carbons (Fsp3) is 0. The second-order valence-corrected chi connectivity index (χ2v) is 4.11. The Morgan fingerprint density at radius 2 is 1.75 bits per heavy atom. The van der Waals surface area contributed by atoms with Gasteiger partial charge in [0.25, 0.3) is 5.69 Å². The molecule has 0 radical (unpaired) electrons. The van der Waals surface area contributed by atoms with Crippen LogP contribution < -0.4 is 0 Å². The van der Waals surface area contributed by atoms with Crippen molar-refractivity contribution in [1.82, 2.24) is 14.8 Å². The summed E-state index contributed by atoms with van der Waals surface area (Å²) in [6.07, 6.45) is 4.96. The highest BCUT2D eigenvalue weighted by Crippen LogP contribution is 2.27. The Balaban J connectivity index is 2.18. The van der Waals surface area contributed by atoms with E-state index in [1.165, 1.54) is 6.07 Å². The van der Waals surface area contributed by atoms with E-state index in [0.717, 1.165) is 11.3 Å². The molecule has 6 nitrogen and oxygen atoms in total. The van der Waals surface area contributed by atoms with Gasteiger partial charge in [0, 0.05) is 24.0 Å². The zero-order valence-electron chi connectivity index (χ0n) is 10.4. The molecule has 3 aromatic rings. The maximum Gasteiger partial charge on any atom is 0.294 e. The molecule has 0 fully saturated rings. The molecule has 0 atom stereocenters. The molecule has 1 aromatic carbocycles. The van der Waals surface area contributed by atoms with Crippen LogP contribution in [0.5, 0.6) is 0 Å². The van der Waals surface area contributed by atoms with Gasteiger partial charge in [-0.25, -0.2) is 4.68 Å². The number of aromatic nitrogens is 3. The number of nitro groups is 1. The number of hydrogen-bond donors (Lipinski definition) is 0. The van der Waals surface area contributed by atoms with Gasteiger partial charge in [-0.15, -0.1) is 0 Å². The maximum atomic E-state index is 11.1. The fourth-order valence-electron chi connectivity index (χ4n) is 2.03. The summed E-state index contributed by atoms with van der Waals surface area (Å²) in [5, 5.41) is 15.3. The van der Waals surface area contributed by atoms with Gasteiger partial charge in [0.05, 0.1) is 16.8 Å². The van der Waals surface area contributed by atoms with Crippen LogP contribution >= 0.6 is 0 Å². The first-order valence-corrected chi connectivity index (χ1v) is 5.95. The Morgan fingerprint density at radius 1 is 1.00 bits per heavy atom. The Kier molecular flexibility index (Phi) is 2.96. The Labute approximate surface area is 114 Å². The average molecular weight is 266 g/mol. The van der Waals surface area contributed by atoms with E-state index in [4.69, 9.17) is 0 Å². The van der Waals surface area contributed by atoms with Crippen molar-refractivity contribution in [2.45, 2.75) is 0 Å². The molecule has 2 aromatic heterocycles. The summed E-state index contributed by atoms with van der Waals surface area (Å²) in [5.74, 6) is 0. The first-order valence-electron chi connectivity index (χ1n) is 5.95. The van der Waals surface area contributed by atoms with Crippen LogP contribution in [0.15, 0.2) is 61.1 Å².